The van der Waals surface area contributed by atoms with E-state index in [2.05, 4.69) is 4.98 Å². The second-order valence-electron chi connectivity index (χ2n) is 3.36. The summed E-state index contributed by atoms with van der Waals surface area (Å²) in [6.45, 7) is 0. The maximum absolute atomic E-state index is 11.4. The van der Waals surface area contributed by atoms with Crippen molar-refractivity contribution in [3.05, 3.63) is 30.1 Å². The molecule has 2 N–H and O–H groups in total. The number of likely N-dealkylation sites (N-methyl/N-ethyl adjacent to an activating group) is 1. The molecule has 0 aliphatic carbocycles. The van der Waals surface area contributed by atoms with Crippen molar-refractivity contribution >= 4 is 5.91 Å². The molecule has 0 fully saturated rings. The Bertz CT molecular complexity index is 297. The lowest BCUT2D eigenvalue weighted by atomic mass is 10.1. The molecule has 0 aliphatic rings. The summed E-state index contributed by atoms with van der Waals surface area (Å²) in [6, 6.07) is 5.08. The van der Waals surface area contributed by atoms with Gasteiger partial charge in [0.15, 0.2) is 0 Å². The second-order valence-corrected chi connectivity index (χ2v) is 3.36. The quantitative estimate of drug-likeness (QED) is 0.737. The van der Waals surface area contributed by atoms with Gasteiger partial charge in [-0.05, 0) is 12.1 Å². The molecule has 0 bridgehead atoms. The number of carbonyl (C=O) groups excluding carboxylic acids is 1. The highest BCUT2D eigenvalue weighted by Gasteiger charge is 2.15. The molecule has 4 nitrogen and oxygen atoms in total. The number of aromatic nitrogens is 1. The Balaban J connectivity index is 2.57. The molecule has 0 spiro atoms. The molecule has 0 radical (unpaired) electrons. The Hall–Kier alpha value is -1.42. The van der Waals surface area contributed by atoms with Crippen LogP contribution in [0.3, 0.4) is 0 Å². The molecule has 1 atom stereocenters. The molecule has 1 aromatic rings. The van der Waals surface area contributed by atoms with Crippen LogP contribution in [0, 0.1) is 0 Å². The fourth-order valence-corrected chi connectivity index (χ4v) is 1.16. The average molecular weight is 193 g/mol. The van der Waals surface area contributed by atoms with Gasteiger partial charge < -0.3 is 10.6 Å². The first kappa shape index (κ1) is 10.7. The average Bonchev–Trinajstić information content (AvgIpc) is 2.18. The first-order valence-electron chi connectivity index (χ1n) is 4.48. The summed E-state index contributed by atoms with van der Waals surface area (Å²) >= 11 is 0. The second kappa shape index (κ2) is 4.72. The molecular formula is C10H15N3O. The topological polar surface area (TPSA) is 59.2 Å². The number of pyridine rings is 1. The van der Waals surface area contributed by atoms with Gasteiger partial charge in [-0.2, -0.15) is 0 Å². The van der Waals surface area contributed by atoms with E-state index in [-0.39, 0.29) is 5.91 Å². The highest BCUT2D eigenvalue weighted by atomic mass is 16.2. The number of rotatable bonds is 3. The standard InChI is InChI=1S/C10H15N3O/c1-13(2)10(14)9(11)7-8-5-3-4-6-12-8/h3-6,9H,7,11H2,1-2H3/t9-/m1/s1. The maximum Gasteiger partial charge on any atom is 0.239 e. The number of hydrogen-bond acceptors (Lipinski definition) is 3. The maximum atomic E-state index is 11.4. The van der Waals surface area contributed by atoms with Crippen LogP contribution < -0.4 is 5.73 Å². The number of nitrogens with two attached hydrogens (primary N) is 1. The minimum atomic E-state index is -0.500. The monoisotopic (exact) mass is 193 g/mol. The molecule has 76 valence electrons. The van der Waals surface area contributed by atoms with Crippen LogP contribution in [0.2, 0.25) is 0 Å². The highest BCUT2D eigenvalue weighted by molar-refractivity contribution is 5.81. The molecule has 1 amide bonds. The minimum Gasteiger partial charge on any atom is -0.347 e. The highest BCUT2D eigenvalue weighted by Crippen LogP contribution is 1.99. The van der Waals surface area contributed by atoms with Gasteiger partial charge in [0.2, 0.25) is 5.91 Å². The van der Waals surface area contributed by atoms with E-state index in [1.54, 1.807) is 20.3 Å². The molecule has 1 heterocycles. The third kappa shape index (κ3) is 2.81. The van der Waals surface area contributed by atoms with Crippen LogP contribution in [0.25, 0.3) is 0 Å². The van der Waals surface area contributed by atoms with Crippen molar-refractivity contribution in [3.63, 3.8) is 0 Å². The minimum absolute atomic E-state index is 0.0735. The largest absolute Gasteiger partial charge is 0.347 e. The van der Waals surface area contributed by atoms with Crippen LogP contribution in [0.5, 0.6) is 0 Å². The van der Waals surface area contributed by atoms with Gasteiger partial charge in [0.25, 0.3) is 0 Å². The third-order valence-electron chi connectivity index (χ3n) is 1.91. The van der Waals surface area contributed by atoms with Gasteiger partial charge in [-0.15, -0.1) is 0 Å². The van der Waals surface area contributed by atoms with E-state index in [0.717, 1.165) is 5.69 Å². The van der Waals surface area contributed by atoms with Crippen LogP contribution >= 0.6 is 0 Å². The van der Waals surface area contributed by atoms with E-state index in [0.29, 0.717) is 6.42 Å². The van der Waals surface area contributed by atoms with Gasteiger partial charge in [-0.1, -0.05) is 6.07 Å². The first-order valence-corrected chi connectivity index (χ1v) is 4.48. The zero-order valence-corrected chi connectivity index (χ0v) is 8.47. The predicted molar refractivity (Wildman–Crippen MR) is 54.6 cm³/mol. The van der Waals surface area contributed by atoms with Gasteiger partial charge in [0.05, 0.1) is 6.04 Å². The van der Waals surface area contributed by atoms with Crippen molar-refractivity contribution in [2.45, 2.75) is 12.5 Å². The third-order valence-corrected chi connectivity index (χ3v) is 1.91. The summed E-state index contributed by atoms with van der Waals surface area (Å²) in [5, 5.41) is 0. The van der Waals surface area contributed by atoms with Crippen molar-refractivity contribution in [2.24, 2.45) is 5.73 Å². The predicted octanol–water partition coefficient (Wildman–Crippen LogP) is 0.0396. The summed E-state index contributed by atoms with van der Waals surface area (Å²) in [4.78, 5) is 17.0. The lowest BCUT2D eigenvalue weighted by molar-refractivity contribution is -0.130. The lowest BCUT2D eigenvalue weighted by Crippen LogP contribution is -2.41. The molecule has 0 aromatic carbocycles. The van der Waals surface area contributed by atoms with Crippen LogP contribution in [0.4, 0.5) is 0 Å². The Morgan fingerprint density at radius 3 is 2.79 bits per heavy atom. The summed E-state index contributed by atoms with van der Waals surface area (Å²) in [7, 11) is 3.39. The number of hydrogen-bond donors (Lipinski definition) is 1. The molecule has 0 saturated carbocycles. The van der Waals surface area contributed by atoms with Gasteiger partial charge in [-0.3, -0.25) is 9.78 Å². The summed E-state index contributed by atoms with van der Waals surface area (Å²) in [5.74, 6) is -0.0735. The van der Waals surface area contributed by atoms with Gasteiger partial charge >= 0.3 is 0 Å². The van der Waals surface area contributed by atoms with E-state index in [9.17, 15) is 4.79 Å². The van der Waals surface area contributed by atoms with Crippen molar-refractivity contribution in [2.75, 3.05) is 14.1 Å². The van der Waals surface area contributed by atoms with E-state index >= 15 is 0 Å². The summed E-state index contributed by atoms with van der Waals surface area (Å²) in [5.41, 5.74) is 6.56. The van der Waals surface area contributed by atoms with Crippen LogP contribution in [-0.4, -0.2) is 35.9 Å². The molecule has 0 unspecified atom stereocenters. The normalized spacial score (nSPS) is 12.2. The Morgan fingerprint density at radius 1 is 1.57 bits per heavy atom. The van der Waals surface area contributed by atoms with Gasteiger partial charge in [0.1, 0.15) is 0 Å². The molecule has 1 aromatic heterocycles. The zero-order valence-electron chi connectivity index (χ0n) is 8.47. The van der Waals surface area contributed by atoms with Gasteiger partial charge in [0, 0.05) is 32.4 Å². The number of amides is 1. The fraction of sp³-hybridized carbons (Fsp3) is 0.400. The van der Waals surface area contributed by atoms with Crippen molar-refractivity contribution in [3.8, 4) is 0 Å². The Kier molecular flexibility index (Phi) is 3.59. The first-order chi connectivity index (χ1) is 6.61. The van der Waals surface area contributed by atoms with Crippen molar-refractivity contribution in [1.29, 1.82) is 0 Å². The molecular weight excluding hydrogens is 178 g/mol. The van der Waals surface area contributed by atoms with E-state index in [4.69, 9.17) is 5.73 Å². The molecule has 0 saturated heterocycles. The summed E-state index contributed by atoms with van der Waals surface area (Å²) < 4.78 is 0. The smallest absolute Gasteiger partial charge is 0.239 e. The zero-order chi connectivity index (χ0) is 10.6. The molecule has 4 heteroatoms. The van der Waals surface area contributed by atoms with Crippen molar-refractivity contribution in [1.82, 2.24) is 9.88 Å². The lowest BCUT2D eigenvalue weighted by Gasteiger charge is -2.16. The van der Waals surface area contributed by atoms with E-state index in [1.807, 2.05) is 18.2 Å². The Morgan fingerprint density at radius 2 is 2.29 bits per heavy atom. The van der Waals surface area contributed by atoms with E-state index in [1.165, 1.54) is 4.90 Å². The molecule has 14 heavy (non-hydrogen) atoms. The Labute approximate surface area is 83.7 Å². The fourth-order valence-electron chi connectivity index (χ4n) is 1.16. The SMILES string of the molecule is CN(C)C(=O)[C@H](N)Cc1ccccn1. The molecule has 0 aliphatic heterocycles. The number of nitrogens with zero attached hydrogens (tertiary/aromatic N) is 2. The van der Waals surface area contributed by atoms with Gasteiger partial charge in [-0.25, -0.2) is 0 Å². The van der Waals surface area contributed by atoms with Crippen molar-refractivity contribution < 1.29 is 4.79 Å². The van der Waals surface area contributed by atoms with Crippen LogP contribution in [-0.2, 0) is 11.2 Å². The van der Waals surface area contributed by atoms with Crippen LogP contribution in [0.1, 0.15) is 5.69 Å². The van der Waals surface area contributed by atoms with Crippen LogP contribution in [0.15, 0.2) is 24.4 Å². The summed E-state index contributed by atoms with van der Waals surface area (Å²) in [6.07, 6.45) is 2.18. The molecule has 1 rings (SSSR count). The van der Waals surface area contributed by atoms with E-state index < -0.39 is 6.04 Å². The number of carbonyl (C=O) groups is 1.